The molecule has 4 atom stereocenters. The number of aliphatic hydroxyl groups excluding tert-OH is 2. The molecule has 114 heavy (non-hydrogen) atoms. The fourth-order valence-corrected chi connectivity index (χ4v) is 16.6. The van der Waals surface area contributed by atoms with Crippen LogP contribution in [0.1, 0.15) is 127 Å². The Morgan fingerprint density at radius 3 is 1.17 bits per heavy atom. The van der Waals surface area contributed by atoms with Gasteiger partial charge in [0, 0.05) is 222 Å². The minimum atomic E-state index is -1.06. The van der Waals surface area contributed by atoms with Crippen molar-refractivity contribution in [2.45, 2.75) is 168 Å². The van der Waals surface area contributed by atoms with Gasteiger partial charge in [-0.3, -0.25) is 19.9 Å². The zero-order valence-corrected chi connectivity index (χ0v) is 67.9. The van der Waals surface area contributed by atoms with Crippen LogP contribution in [0.15, 0.2) is 171 Å². The van der Waals surface area contributed by atoms with Crippen LogP contribution in [0.25, 0.3) is 43.6 Å². The zero-order chi connectivity index (χ0) is 80.9. The Balaban J connectivity index is 0.000000133. The summed E-state index contributed by atoms with van der Waals surface area (Å²) in [5.74, 6) is 1.51. The van der Waals surface area contributed by atoms with E-state index in [-0.39, 0.29) is 32.5 Å². The van der Waals surface area contributed by atoms with Gasteiger partial charge >= 0.3 is 6.09 Å². The molecule has 12 heterocycles. The summed E-state index contributed by atoms with van der Waals surface area (Å²) in [7, 11) is 6.41. The van der Waals surface area contributed by atoms with E-state index in [1.807, 2.05) is 95.3 Å². The van der Waals surface area contributed by atoms with Crippen LogP contribution in [0, 0.1) is 6.92 Å². The summed E-state index contributed by atoms with van der Waals surface area (Å²) < 4.78 is 25.7. The molecule has 8 aromatic heterocycles. The topological polar surface area (TPSA) is 271 Å². The lowest BCUT2D eigenvalue weighted by molar-refractivity contribution is 0.0284. The number of likely N-dealkylation sites (N-methyl/N-ethyl adjacent to an activating group) is 3. The molecule has 1 amide bonds. The van der Waals surface area contributed by atoms with Gasteiger partial charge in [0.15, 0.2) is 0 Å². The maximum absolute atomic E-state index is 12.3. The summed E-state index contributed by atoms with van der Waals surface area (Å²) in [5, 5.41) is 77.9. The number of aryl methyl sites for hydroxylation is 1. The largest absolute Gasteiger partial charge is 0.491 e. The van der Waals surface area contributed by atoms with Crippen LogP contribution >= 0.6 is 0 Å². The van der Waals surface area contributed by atoms with Gasteiger partial charge in [-0.2, -0.15) is 0 Å². The summed E-state index contributed by atoms with van der Waals surface area (Å²) >= 11 is 0. The molecule has 4 aliphatic rings. The lowest BCUT2D eigenvalue weighted by Crippen LogP contribution is -2.37. The predicted molar refractivity (Wildman–Crippen MR) is 444 cm³/mol. The molecule has 7 N–H and O–H groups in total. The molecule has 23 nitrogen and oxygen atoms in total. The Morgan fingerprint density at radius 2 is 0.798 bits per heavy atom. The highest BCUT2D eigenvalue weighted by atomic mass is 16.6. The number of hydrogen-bond acceptors (Lipinski definition) is 18. The van der Waals surface area contributed by atoms with Crippen molar-refractivity contribution in [1.82, 2.24) is 57.8 Å². The average Bonchev–Trinajstić information content (AvgIpc) is 1.61. The number of rotatable bonds is 21. The van der Waals surface area contributed by atoms with Gasteiger partial charge in [-0.25, -0.2) is 4.79 Å². The maximum atomic E-state index is 12.3. The molecule has 4 aromatic carbocycles. The Labute approximate surface area is 667 Å². The minimum Gasteiger partial charge on any atom is -0.491 e. The quantitative estimate of drug-likeness (QED) is 0.0352. The van der Waals surface area contributed by atoms with Gasteiger partial charge in [-0.1, -0.05) is 42.0 Å². The van der Waals surface area contributed by atoms with Crippen molar-refractivity contribution in [2.24, 2.45) is 0 Å². The molecule has 0 bridgehead atoms. The second-order valence-electron chi connectivity index (χ2n) is 32.8. The molecule has 0 spiro atoms. The Kier molecular flexibility index (Phi) is 25.0. The fraction of sp³-hybridized carbons (Fsp3) is 0.418. The number of fused-ring (bicyclic) bond motifs is 12. The first kappa shape index (κ1) is 82.1. The molecule has 0 fully saturated rings. The fourth-order valence-electron chi connectivity index (χ4n) is 16.6. The molecule has 4 unspecified atom stereocenters. The van der Waals surface area contributed by atoms with Gasteiger partial charge in [-0.15, -0.1) is 0 Å². The average molecular weight is 1550 g/mol. The third-order valence-corrected chi connectivity index (χ3v) is 22.6. The number of pyridine rings is 4. The first-order chi connectivity index (χ1) is 54.5. The van der Waals surface area contributed by atoms with Crippen LogP contribution < -0.4 is 9.47 Å². The van der Waals surface area contributed by atoms with Gasteiger partial charge in [0.25, 0.3) is 0 Å². The summed E-state index contributed by atoms with van der Waals surface area (Å²) in [6, 6.07) is 40.0. The Bertz CT molecular complexity index is 5300. The molecular formula is C91H112N12O11. The lowest BCUT2D eigenvalue weighted by atomic mass is 9.97. The highest BCUT2D eigenvalue weighted by Gasteiger charge is 2.36. The standard InChI is InChI=1S/C24H31N3O3.C23H27N3O3.C22H27N3O3.C22H27N3O2/c1-23(2,28)16-30-18-7-8-21-19(12-18)20-14-26(4)11-9-22(20)27(21)15-24(3,29)17-6-5-10-25-13-17;1-4-29-22(27)25-11-9-21-19(14-25)18-12-16(2)7-8-20(18)26(21)15-23(3,28)17-6-5-10-24-13-17;1-22(27,16-4-3-8-23-13-16)15-25-20-6-5-17(28-11-10-26)12-18(20)19-14-24(2)9-7-21(19)25;1-22(27,17-4-3-9-23-13-17)15-25-20-6-5-16(8-11-26)12-18(20)19-14-24(2)10-7-21(19)25/h5-8,10,12-13,28-29H,9,11,14-16H2,1-4H3;5-8,10,12-13,28H,4,9,11,14-15H2,1-3H3;3-6,8,12-13,26-27H,7,9-11,14-15H2,1-2H3;3-6,9,12-13,26-27H,7-8,10-11,14-15H2,1-2H3. The normalized spacial score (nSPS) is 16.6. The van der Waals surface area contributed by atoms with E-state index in [4.69, 9.17) is 19.3 Å². The SMILES string of the molecule is CCOC(=O)N1CCc2c(c3cc(C)ccc3n2CC(C)(O)c2cccnc2)C1.CN1CCc2c(c3cc(CCO)ccc3n2CC(C)(O)c2cccnc2)C1.CN1CCc2c(c3cc(OCC(C)(C)O)ccc3n2CC(C)(O)c2cccnc2)C1.CN1CCc2c(c3cc(OCCO)ccc3n2CC(C)(O)c2cccnc2)C1. The van der Waals surface area contributed by atoms with E-state index >= 15 is 0 Å². The predicted octanol–water partition coefficient (Wildman–Crippen LogP) is 11.6. The zero-order valence-electron chi connectivity index (χ0n) is 67.9. The van der Waals surface area contributed by atoms with Gasteiger partial charge in [0.1, 0.15) is 47.1 Å². The summed E-state index contributed by atoms with van der Waals surface area (Å²) in [4.78, 5) is 37.7. The van der Waals surface area contributed by atoms with Crippen molar-refractivity contribution < 1.29 is 54.8 Å². The van der Waals surface area contributed by atoms with E-state index in [2.05, 4.69) is 142 Å². The van der Waals surface area contributed by atoms with E-state index in [0.717, 1.165) is 148 Å². The third-order valence-electron chi connectivity index (χ3n) is 22.6. The number of ether oxygens (including phenoxy) is 3. The number of aliphatic hydroxyl groups is 7. The van der Waals surface area contributed by atoms with Gasteiger partial charge in [-0.05, 0) is 190 Å². The second kappa shape index (κ2) is 34.7. The van der Waals surface area contributed by atoms with E-state index in [9.17, 15) is 35.4 Å². The van der Waals surface area contributed by atoms with Crippen LogP contribution in [0.2, 0.25) is 0 Å². The lowest BCUT2D eigenvalue weighted by Gasteiger charge is -2.30. The monoisotopic (exact) mass is 1550 g/mol. The molecule has 12 aromatic rings. The molecule has 0 saturated carbocycles. The van der Waals surface area contributed by atoms with Gasteiger partial charge in [0.2, 0.25) is 0 Å². The molecule has 16 rings (SSSR count). The van der Waals surface area contributed by atoms with Gasteiger partial charge < -0.3 is 87.8 Å². The van der Waals surface area contributed by atoms with Crippen molar-refractivity contribution in [3.8, 4) is 11.5 Å². The molecule has 0 saturated heterocycles. The summed E-state index contributed by atoms with van der Waals surface area (Å²) in [6.45, 7) is 24.4. The molecule has 4 aliphatic heterocycles. The molecule has 23 heteroatoms. The number of hydrogen-bond donors (Lipinski definition) is 7. The van der Waals surface area contributed by atoms with Crippen LogP contribution in [0.3, 0.4) is 0 Å². The molecular weight excluding hydrogens is 1440 g/mol. The number of amides is 1. The number of aromatic nitrogens is 8. The summed E-state index contributed by atoms with van der Waals surface area (Å²) in [5.41, 5.74) is 15.1. The van der Waals surface area contributed by atoms with Crippen LogP contribution in [0.4, 0.5) is 4.79 Å². The molecule has 0 radical (unpaired) electrons. The van der Waals surface area contributed by atoms with Crippen LogP contribution in [-0.2, 0) is 112 Å². The minimum absolute atomic E-state index is 0.00608. The summed E-state index contributed by atoms with van der Waals surface area (Å²) in [6.07, 6.45) is 17.8. The van der Waals surface area contributed by atoms with Crippen molar-refractivity contribution in [1.29, 1.82) is 0 Å². The van der Waals surface area contributed by atoms with E-state index in [1.54, 1.807) is 68.3 Å². The van der Waals surface area contributed by atoms with Crippen molar-refractivity contribution >= 4 is 49.7 Å². The Hall–Kier alpha value is -9.89. The molecule has 602 valence electrons. The molecule has 0 aliphatic carbocycles. The van der Waals surface area contributed by atoms with E-state index in [1.165, 1.54) is 50.4 Å². The van der Waals surface area contributed by atoms with Crippen molar-refractivity contribution in [2.75, 3.05) is 80.4 Å². The van der Waals surface area contributed by atoms with E-state index in [0.29, 0.717) is 52.3 Å². The van der Waals surface area contributed by atoms with Gasteiger partial charge in [0.05, 0.1) is 51.5 Å². The smallest absolute Gasteiger partial charge is 0.410 e. The van der Waals surface area contributed by atoms with Crippen LogP contribution in [-0.4, -0.2) is 186 Å². The van der Waals surface area contributed by atoms with E-state index < -0.39 is 28.0 Å². The first-order valence-electron chi connectivity index (χ1n) is 39.7. The second-order valence-corrected chi connectivity index (χ2v) is 32.8. The number of carbonyl (C=O) groups is 1. The van der Waals surface area contributed by atoms with Crippen LogP contribution in [0.5, 0.6) is 11.5 Å². The third kappa shape index (κ3) is 18.4. The maximum Gasteiger partial charge on any atom is 0.410 e. The number of nitrogens with zero attached hydrogens (tertiary/aromatic N) is 12. The number of benzene rings is 4. The van der Waals surface area contributed by atoms with Crippen molar-refractivity contribution in [3.63, 3.8) is 0 Å². The first-order valence-corrected chi connectivity index (χ1v) is 39.7. The highest BCUT2D eigenvalue weighted by molar-refractivity contribution is 5.90. The Morgan fingerprint density at radius 1 is 0.439 bits per heavy atom. The highest BCUT2D eigenvalue weighted by Crippen LogP contribution is 2.41. The number of carbonyl (C=O) groups excluding carboxylic acids is 1. The van der Waals surface area contributed by atoms with Crippen molar-refractivity contribution in [3.05, 3.63) is 249 Å².